The Bertz CT molecular complexity index is 617. The maximum atomic E-state index is 10.8. The van der Waals surface area contributed by atoms with E-state index in [9.17, 15) is 5.11 Å². The lowest BCUT2D eigenvalue weighted by Gasteiger charge is -2.29. The molecule has 0 spiro atoms. The molecule has 2 aromatic carbocycles. The van der Waals surface area contributed by atoms with E-state index in [1.807, 2.05) is 18.2 Å². The number of halogens is 1. The van der Waals surface area contributed by atoms with Crippen LogP contribution in [0.15, 0.2) is 46.9 Å². The Morgan fingerprint density at radius 2 is 1.85 bits per heavy atom. The minimum absolute atomic E-state index is 0.538. The normalized spacial score (nSPS) is 16.8. The third-order valence-electron chi connectivity index (χ3n) is 4.37. The van der Waals surface area contributed by atoms with E-state index in [0.717, 1.165) is 21.2 Å². The number of hydrogen-bond acceptors (Lipinski definition) is 1. The van der Waals surface area contributed by atoms with Crippen molar-refractivity contribution < 1.29 is 5.11 Å². The zero-order chi connectivity index (χ0) is 14.1. The van der Waals surface area contributed by atoms with Gasteiger partial charge in [-0.1, -0.05) is 52.7 Å². The van der Waals surface area contributed by atoms with Gasteiger partial charge in [-0.05, 0) is 60.1 Å². The first-order valence-corrected chi connectivity index (χ1v) is 7.99. The lowest BCUT2D eigenvalue weighted by atomic mass is 9.77. The Kier molecular flexibility index (Phi) is 3.95. The predicted octanol–water partition coefficient (Wildman–Crippen LogP) is 5.11. The third kappa shape index (κ3) is 2.55. The highest BCUT2D eigenvalue weighted by atomic mass is 79.9. The molecular formula is C18H19BrO. The van der Waals surface area contributed by atoms with Gasteiger partial charge in [0, 0.05) is 4.47 Å². The molecule has 1 aliphatic carbocycles. The Balaban J connectivity index is 2.01. The van der Waals surface area contributed by atoms with Crippen molar-refractivity contribution in [2.75, 3.05) is 0 Å². The molecule has 1 unspecified atom stereocenters. The van der Waals surface area contributed by atoms with Gasteiger partial charge in [-0.3, -0.25) is 0 Å². The van der Waals surface area contributed by atoms with Gasteiger partial charge in [-0.15, -0.1) is 0 Å². The van der Waals surface area contributed by atoms with Crippen LogP contribution in [0.1, 0.15) is 53.5 Å². The maximum absolute atomic E-state index is 10.8. The van der Waals surface area contributed by atoms with Crippen molar-refractivity contribution in [1.82, 2.24) is 0 Å². The summed E-state index contributed by atoms with van der Waals surface area (Å²) in [6, 6.07) is 14.4. The van der Waals surface area contributed by atoms with Crippen molar-refractivity contribution in [2.24, 2.45) is 0 Å². The van der Waals surface area contributed by atoms with Gasteiger partial charge in [-0.2, -0.15) is 0 Å². The van der Waals surface area contributed by atoms with Crippen molar-refractivity contribution in [3.63, 3.8) is 0 Å². The molecule has 3 rings (SSSR count). The molecule has 2 heteroatoms. The predicted molar refractivity (Wildman–Crippen MR) is 86.0 cm³/mol. The van der Waals surface area contributed by atoms with Gasteiger partial charge in [0.1, 0.15) is 6.10 Å². The van der Waals surface area contributed by atoms with Crippen molar-refractivity contribution in [1.29, 1.82) is 0 Å². The largest absolute Gasteiger partial charge is 0.384 e. The van der Waals surface area contributed by atoms with E-state index in [-0.39, 0.29) is 0 Å². The second-order valence-corrected chi connectivity index (χ2v) is 6.58. The number of benzene rings is 2. The van der Waals surface area contributed by atoms with E-state index in [2.05, 4.69) is 47.1 Å². The zero-order valence-corrected chi connectivity index (χ0v) is 13.2. The summed E-state index contributed by atoms with van der Waals surface area (Å²) in [5.41, 5.74) is 4.51. The summed E-state index contributed by atoms with van der Waals surface area (Å²) in [6.45, 7) is 2.05. The van der Waals surface area contributed by atoms with Gasteiger partial charge >= 0.3 is 0 Å². The zero-order valence-electron chi connectivity index (χ0n) is 11.6. The standard InChI is InChI=1S/C18H19BrO/c1-12-9-10-14(19)11-17(12)18(20)16-8-3-2-7-15(16)13-5-4-6-13/h2-3,7-11,13,18,20H,4-6H2,1H3. The van der Waals surface area contributed by atoms with Gasteiger partial charge in [0.25, 0.3) is 0 Å². The molecule has 0 radical (unpaired) electrons. The topological polar surface area (TPSA) is 20.2 Å². The number of hydrogen-bond donors (Lipinski definition) is 1. The molecule has 0 bridgehead atoms. The van der Waals surface area contributed by atoms with Crippen LogP contribution in [-0.4, -0.2) is 5.11 Å². The first-order chi connectivity index (χ1) is 9.66. The van der Waals surface area contributed by atoms with E-state index in [4.69, 9.17) is 0 Å². The van der Waals surface area contributed by atoms with E-state index >= 15 is 0 Å². The van der Waals surface area contributed by atoms with Crippen LogP contribution in [0.4, 0.5) is 0 Å². The molecule has 1 fully saturated rings. The van der Waals surface area contributed by atoms with Crippen LogP contribution in [0.2, 0.25) is 0 Å². The van der Waals surface area contributed by atoms with Gasteiger partial charge in [0.15, 0.2) is 0 Å². The molecule has 0 aromatic heterocycles. The third-order valence-corrected chi connectivity index (χ3v) is 4.86. The molecule has 0 heterocycles. The van der Waals surface area contributed by atoms with E-state index in [0.29, 0.717) is 5.92 Å². The first-order valence-electron chi connectivity index (χ1n) is 7.20. The molecule has 0 saturated heterocycles. The second-order valence-electron chi connectivity index (χ2n) is 5.66. The number of aliphatic hydroxyl groups is 1. The number of rotatable bonds is 3. The Hall–Kier alpha value is -1.12. The quantitative estimate of drug-likeness (QED) is 0.829. The molecule has 1 nitrogen and oxygen atoms in total. The minimum atomic E-state index is -0.538. The number of aliphatic hydroxyl groups excluding tert-OH is 1. The van der Waals surface area contributed by atoms with E-state index in [1.54, 1.807) is 0 Å². The summed E-state index contributed by atoms with van der Waals surface area (Å²) in [4.78, 5) is 0. The summed E-state index contributed by atoms with van der Waals surface area (Å²) in [5, 5.41) is 10.8. The van der Waals surface area contributed by atoms with Gasteiger partial charge in [0.05, 0.1) is 0 Å². The smallest absolute Gasteiger partial charge is 0.105 e. The molecule has 0 amide bonds. The van der Waals surface area contributed by atoms with Crippen LogP contribution < -0.4 is 0 Å². The van der Waals surface area contributed by atoms with Crippen molar-refractivity contribution >= 4 is 15.9 Å². The van der Waals surface area contributed by atoms with Crippen LogP contribution in [-0.2, 0) is 0 Å². The van der Waals surface area contributed by atoms with Crippen molar-refractivity contribution in [3.8, 4) is 0 Å². The second kappa shape index (κ2) is 5.71. The Labute approximate surface area is 128 Å². The Morgan fingerprint density at radius 3 is 2.55 bits per heavy atom. The molecule has 20 heavy (non-hydrogen) atoms. The molecule has 0 aliphatic heterocycles. The fourth-order valence-electron chi connectivity index (χ4n) is 2.92. The monoisotopic (exact) mass is 330 g/mol. The average molecular weight is 331 g/mol. The van der Waals surface area contributed by atoms with Crippen LogP contribution >= 0.6 is 15.9 Å². The summed E-state index contributed by atoms with van der Waals surface area (Å²) in [6.07, 6.45) is 3.28. The van der Waals surface area contributed by atoms with Crippen molar-refractivity contribution in [2.45, 2.75) is 38.2 Å². The van der Waals surface area contributed by atoms with Crippen LogP contribution in [0.3, 0.4) is 0 Å². The summed E-state index contributed by atoms with van der Waals surface area (Å²) in [7, 11) is 0. The highest BCUT2D eigenvalue weighted by Crippen LogP contribution is 2.41. The fourth-order valence-corrected chi connectivity index (χ4v) is 3.30. The Morgan fingerprint density at radius 1 is 1.10 bits per heavy atom. The highest BCUT2D eigenvalue weighted by Gasteiger charge is 2.25. The molecule has 1 N–H and O–H groups in total. The average Bonchev–Trinajstić information content (AvgIpc) is 2.39. The van der Waals surface area contributed by atoms with Crippen molar-refractivity contribution in [3.05, 3.63) is 69.2 Å². The minimum Gasteiger partial charge on any atom is -0.384 e. The molecule has 1 saturated carbocycles. The van der Waals surface area contributed by atoms with Gasteiger partial charge < -0.3 is 5.11 Å². The molecule has 104 valence electrons. The lowest BCUT2D eigenvalue weighted by Crippen LogP contribution is -2.14. The number of aryl methyl sites for hydroxylation is 1. The summed E-state index contributed by atoms with van der Waals surface area (Å²) < 4.78 is 1.01. The van der Waals surface area contributed by atoms with Gasteiger partial charge in [-0.25, -0.2) is 0 Å². The first kappa shape index (κ1) is 13.8. The van der Waals surface area contributed by atoms with Crippen LogP contribution in [0, 0.1) is 6.92 Å². The van der Waals surface area contributed by atoms with E-state index in [1.165, 1.54) is 24.8 Å². The SMILES string of the molecule is Cc1ccc(Br)cc1C(O)c1ccccc1C1CCC1. The fraction of sp³-hybridized carbons (Fsp3) is 0.333. The molecule has 1 atom stereocenters. The molecule has 2 aromatic rings. The van der Waals surface area contributed by atoms with E-state index < -0.39 is 6.10 Å². The highest BCUT2D eigenvalue weighted by molar-refractivity contribution is 9.10. The molecular weight excluding hydrogens is 312 g/mol. The maximum Gasteiger partial charge on any atom is 0.105 e. The van der Waals surface area contributed by atoms with Crippen LogP contribution in [0.25, 0.3) is 0 Å². The lowest BCUT2D eigenvalue weighted by molar-refractivity contribution is 0.216. The van der Waals surface area contributed by atoms with Gasteiger partial charge in [0.2, 0.25) is 0 Å². The van der Waals surface area contributed by atoms with Crippen LogP contribution in [0.5, 0.6) is 0 Å². The molecule has 1 aliphatic rings. The summed E-state index contributed by atoms with van der Waals surface area (Å²) >= 11 is 3.50. The summed E-state index contributed by atoms with van der Waals surface area (Å²) in [5.74, 6) is 0.633.